The molecule has 0 saturated carbocycles. The Hall–Kier alpha value is -0.0400. The van der Waals surface area contributed by atoms with Crippen molar-refractivity contribution in [1.82, 2.24) is 5.32 Å². The summed E-state index contributed by atoms with van der Waals surface area (Å²) in [6, 6.07) is 0.696. The van der Waals surface area contributed by atoms with Gasteiger partial charge in [0.25, 0.3) is 0 Å². The Bertz CT molecular complexity index is 108. The smallest absolute Gasteiger partial charge is 0.00388 e. The molecular formula is C12H27N. The summed E-state index contributed by atoms with van der Waals surface area (Å²) >= 11 is 0. The van der Waals surface area contributed by atoms with E-state index in [1.165, 1.54) is 19.3 Å². The fraction of sp³-hybridized carbons (Fsp3) is 1.00. The van der Waals surface area contributed by atoms with Crippen LogP contribution in [0.25, 0.3) is 0 Å². The zero-order valence-corrected chi connectivity index (χ0v) is 10.1. The van der Waals surface area contributed by atoms with Crippen LogP contribution in [0.1, 0.15) is 53.9 Å². The molecule has 1 atom stereocenters. The lowest BCUT2D eigenvalue weighted by Crippen LogP contribution is -2.29. The maximum absolute atomic E-state index is 3.56. The Balaban J connectivity index is 3.25. The van der Waals surface area contributed by atoms with Gasteiger partial charge in [0.1, 0.15) is 0 Å². The molecule has 1 heteroatoms. The van der Waals surface area contributed by atoms with E-state index in [9.17, 15) is 0 Å². The van der Waals surface area contributed by atoms with E-state index in [0.717, 1.165) is 18.4 Å². The van der Waals surface area contributed by atoms with Gasteiger partial charge in [-0.05, 0) is 31.7 Å². The predicted molar refractivity (Wildman–Crippen MR) is 61.0 cm³/mol. The van der Waals surface area contributed by atoms with Gasteiger partial charge < -0.3 is 5.32 Å². The van der Waals surface area contributed by atoms with E-state index in [0.29, 0.717) is 6.04 Å². The SMILES string of the molecule is CC(C)CCCC(C)NCC(C)C. The second-order valence-corrected chi connectivity index (χ2v) is 5.03. The fourth-order valence-corrected chi connectivity index (χ4v) is 1.37. The molecule has 0 spiro atoms. The molecule has 0 aliphatic heterocycles. The summed E-state index contributed by atoms with van der Waals surface area (Å²) in [5.74, 6) is 1.63. The van der Waals surface area contributed by atoms with Crippen LogP contribution in [0.3, 0.4) is 0 Å². The molecule has 0 heterocycles. The first-order chi connectivity index (χ1) is 6.02. The van der Waals surface area contributed by atoms with Gasteiger partial charge in [0.15, 0.2) is 0 Å². The molecule has 0 aromatic heterocycles. The molecule has 0 aromatic rings. The Morgan fingerprint density at radius 1 is 0.846 bits per heavy atom. The van der Waals surface area contributed by atoms with Crippen molar-refractivity contribution in [1.29, 1.82) is 0 Å². The number of nitrogens with one attached hydrogen (secondary N) is 1. The van der Waals surface area contributed by atoms with Gasteiger partial charge in [-0.2, -0.15) is 0 Å². The molecule has 0 fully saturated rings. The van der Waals surface area contributed by atoms with Crippen LogP contribution >= 0.6 is 0 Å². The van der Waals surface area contributed by atoms with Crippen LogP contribution in [0.2, 0.25) is 0 Å². The first-order valence-electron chi connectivity index (χ1n) is 5.75. The van der Waals surface area contributed by atoms with Gasteiger partial charge in [-0.15, -0.1) is 0 Å². The van der Waals surface area contributed by atoms with E-state index in [-0.39, 0.29) is 0 Å². The van der Waals surface area contributed by atoms with Crippen molar-refractivity contribution in [2.45, 2.75) is 59.9 Å². The summed E-state index contributed by atoms with van der Waals surface area (Å²) in [5, 5.41) is 3.56. The normalized spacial score (nSPS) is 14.1. The third-order valence-corrected chi connectivity index (χ3v) is 2.29. The predicted octanol–water partition coefficient (Wildman–Crippen LogP) is 3.45. The summed E-state index contributed by atoms with van der Waals surface area (Å²) in [6.45, 7) is 12.6. The largest absolute Gasteiger partial charge is 0.314 e. The number of hydrogen-bond acceptors (Lipinski definition) is 1. The van der Waals surface area contributed by atoms with E-state index < -0.39 is 0 Å². The van der Waals surface area contributed by atoms with Crippen molar-refractivity contribution in [3.8, 4) is 0 Å². The Kier molecular flexibility index (Phi) is 7.35. The average Bonchev–Trinajstić information content (AvgIpc) is 2.00. The monoisotopic (exact) mass is 185 g/mol. The van der Waals surface area contributed by atoms with Gasteiger partial charge >= 0.3 is 0 Å². The van der Waals surface area contributed by atoms with Crippen LogP contribution in [-0.4, -0.2) is 12.6 Å². The third-order valence-electron chi connectivity index (χ3n) is 2.29. The van der Waals surface area contributed by atoms with Crippen LogP contribution < -0.4 is 5.32 Å². The van der Waals surface area contributed by atoms with E-state index in [1.807, 2.05) is 0 Å². The summed E-state index contributed by atoms with van der Waals surface area (Å²) in [4.78, 5) is 0. The zero-order valence-electron chi connectivity index (χ0n) is 10.1. The highest BCUT2D eigenvalue weighted by Crippen LogP contribution is 2.08. The molecule has 13 heavy (non-hydrogen) atoms. The summed E-state index contributed by atoms with van der Waals surface area (Å²) < 4.78 is 0. The van der Waals surface area contributed by atoms with Gasteiger partial charge in [0.2, 0.25) is 0 Å². The Labute approximate surface area is 84.3 Å². The molecule has 1 nitrogen and oxygen atoms in total. The van der Waals surface area contributed by atoms with Crippen molar-refractivity contribution < 1.29 is 0 Å². The highest BCUT2D eigenvalue weighted by molar-refractivity contribution is 4.62. The lowest BCUT2D eigenvalue weighted by molar-refractivity contribution is 0.432. The topological polar surface area (TPSA) is 12.0 Å². The molecule has 0 aliphatic carbocycles. The average molecular weight is 185 g/mol. The van der Waals surface area contributed by atoms with E-state index in [1.54, 1.807) is 0 Å². The lowest BCUT2D eigenvalue weighted by Gasteiger charge is -2.15. The van der Waals surface area contributed by atoms with E-state index >= 15 is 0 Å². The van der Waals surface area contributed by atoms with Gasteiger partial charge in [0.05, 0.1) is 0 Å². The third kappa shape index (κ3) is 9.88. The van der Waals surface area contributed by atoms with Crippen LogP contribution in [-0.2, 0) is 0 Å². The molecular weight excluding hydrogens is 158 g/mol. The summed E-state index contributed by atoms with van der Waals surface area (Å²) in [7, 11) is 0. The Morgan fingerprint density at radius 3 is 1.92 bits per heavy atom. The first kappa shape index (κ1) is 13.0. The van der Waals surface area contributed by atoms with Crippen LogP contribution in [0, 0.1) is 11.8 Å². The summed E-state index contributed by atoms with van der Waals surface area (Å²) in [5.41, 5.74) is 0. The van der Waals surface area contributed by atoms with Crippen LogP contribution in [0.15, 0.2) is 0 Å². The van der Waals surface area contributed by atoms with Crippen LogP contribution in [0.4, 0.5) is 0 Å². The minimum atomic E-state index is 0.696. The maximum Gasteiger partial charge on any atom is 0.00388 e. The van der Waals surface area contributed by atoms with Crippen molar-refractivity contribution in [2.75, 3.05) is 6.54 Å². The highest BCUT2D eigenvalue weighted by atomic mass is 14.9. The van der Waals surface area contributed by atoms with Gasteiger partial charge in [-0.1, -0.05) is 40.5 Å². The van der Waals surface area contributed by atoms with Gasteiger partial charge in [-0.3, -0.25) is 0 Å². The molecule has 1 unspecified atom stereocenters. The Morgan fingerprint density at radius 2 is 1.46 bits per heavy atom. The second kappa shape index (κ2) is 7.37. The van der Waals surface area contributed by atoms with E-state index in [2.05, 4.69) is 39.9 Å². The minimum Gasteiger partial charge on any atom is -0.314 e. The van der Waals surface area contributed by atoms with Crippen molar-refractivity contribution >= 4 is 0 Å². The second-order valence-electron chi connectivity index (χ2n) is 5.03. The zero-order chi connectivity index (χ0) is 10.3. The number of hydrogen-bond donors (Lipinski definition) is 1. The fourth-order valence-electron chi connectivity index (χ4n) is 1.37. The molecule has 0 aliphatic rings. The van der Waals surface area contributed by atoms with Gasteiger partial charge in [0, 0.05) is 6.04 Å². The molecule has 0 amide bonds. The molecule has 0 rings (SSSR count). The maximum atomic E-state index is 3.56. The van der Waals surface area contributed by atoms with Crippen molar-refractivity contribution in [3.05, 3.63) is 0 Å². The quantitative estimate of drug-likeness (QED) is 0.640. The standard InChI is InChI=1S/C12H27N/c1-10(2)7-6-8-12(5)13-9-11(3)4/h10-13H,6-9H2,1-5H3. The van der Waals surface area contributed by atoms with Crippen molar-refractivity contribution in [3.63, 3.8) is 0 Å². The van der Waals surface area contributed by atoms with E-state index in [4.69, 9.17) is 0 Å². The highest BCUT2D eigenvalue weighted by Gasteiger charge is 2.02. The molecule has 0 radical (unpaired) electrons. The lowest BCUT2D eigenvalue weighted by atomic mass is 10.0. The molecule has 0 aromatic carbocycles. The number of rotatable bonds is 7. The first-order valence-corrected chi connectivity index (χ1v) is 5.75. The van der Waals surface area contributed by atoms with Crippen LogP contribution in [0.5, 0.6) is 0 Å². The summed E-state index contributed by atoms with van der Waals surface area (Å²) in [6.07, 6.45) is 4.06. The molecule has 0 bridgehead atoms. The minimum absolute atomic E-state index is 0.696. The van der Waals surface area contributed by atoms with Crippen molar-refractivity contribution in [2.24, 2.45) is 11.8 Å². The van der Waals surface area contributed by atoms with Gasteiger partial charge in [-0.25, -0.2) is 0 Å². The molecule has 1 N–H and O–H groups in total. The molecule has 80 valence electrons. The molecule has 0 saturated heterocycles.